The van der Waals surface area contributed by atoms with E-state index in [2.05, 4.69) is 5.32 Å². The van der Waals surface area contributed by atoms with Crippen LogP contribution in [-0.2, 0) is 4.57 Å². The van der Waals surface area contributed by atoms with Gasteiger partial charge in [0.2, 0.25) is 0 Å². The van der Waals surface area contributed by atoms with Gasteiger partial charge in [-0.3, -0.25) is 0 Å². The molecule has 0 aromatic carbocycles. The molecule has 0 spiro atoms. The van der Waals surface area contributed by atoms with Crippen molar-refractivity contribution in [1.82, 2.24) is 5.32 Å². The van der Waals surface area contributed by atoms with Crippen LogP contribution in [0.25, 0.3) is 0 Å². The van der Waals surface area contributed by atoms with Crippen LogP contribution in [0.3, 0.4) is 0 Å². The summed E-state index contributed by atoms with van der Waals surface area (Å²) in [4.78, 5) is 17.0. The number of nitrogens with two attached hydrogens (primary N) is 2. The predicted molar refractivity (Wildman–Crippen MR) is 61.7 cm³/mol. The standard InChI is InChI=1S/C5H10.C4H13N3.2K.HO3P/c1-2-4-5-3-1;5-1-3-7-4-2-6;;;1-4(2)3/h1-5H2;7H,1-6H2;;;(H,1,2,3)/q;;2*+1;/p-1. The van der Waals surface area contributed by atoms with Gasteiger partial charge in [-0.05, 0) is 0 Å². The fourth-order valence-electron chi connectivity index (χ4n) is 1.21. The maximum atomic E-state index is 8.48. The molecule has 0 atom stereocenters. The second-order valence-corrected chi connectivity index (χ2v) is 3.77. The zero-order valence-electron chi connectivity index (χ0n) is 11.7. The van der Waals surface area contributed by atoms with Crippen LogP contribution in [0.15, 0.2) is 0 Å². The first-order chi connectivity index (χ1) is 7.65. The average molecular weight is 330 g/mol. The molecule has 0 bridgehead atoms. The summed E-state index contributed by atoms with van der Waals surface area (Å²) in [6.45, 7) is 3.13. The number of hydrogen-bond acceptors (Lipinski definition) is 6. The van der Waals surface area contributed by atoms with Gasteiger partial charge in [0.15, 0.2) is 0 Å². The monoisotopic (exact) mass is 330 g/mol. The van der Waals surface area contributed by atoms with Crippen LogP contribution >= 0.6 is 8.25 Å². The molecule has 1 fully saturated rings. The van der Waals surface area contributed by atoms with Crippen LogP contribution in [0.1, 0.15) is 32.1 Å². The van der Waals surface area contributed by atoms with Crippen LogP contribution in [0, 0.1) is 0 Å². The molecule has 0 aromatic heterocycles. The summed E-state index contributed by atoms with van der Waals surface area (Å²) >= 11 is 0. The number of nitrogens with one attached hydrogen (secondary N) is 1. The zero-order chi connectivity index (χ0) is 12.6. The summed E-state index contributed by atoms with van der Waals surface area (Å²) in [5.41, 5.74) is 10.3. The molecule has 0 aliphatic heterocycles. The minimum absolute atomic E-state index is 0. The molecule has 18 heavy (non-hydrogen) atoms. The maximum Gasteiger partial charge on any atom is 1.00 e. The third-order valence-electron chi connectivity index (χ3n) is 1.89. The van der Waals surface area contributed by atoms with E-state index in [0.29, 0.717) is 13.1 Å². The molecule has 0 heterocycles. The molecular formula is C9H23K2N3O3P+. The summed E-state index contributed by atoms with van der Waals surface area (Å²) in [5, 5.41) is 3.03. The van der Waals surface area contributed by atoms with Gasteiger partial charge in [0.05, 0.1) is 0 Å². The van der Waals surface area contributed by atoms with Crippen molar-refractivity contribution in [2.75, 3.05) is 26.2 Å². The van der Waals surface area contributed by atoms with Crippen molar-refractivity contribution in [2.24, 2.45) is 11.5 Å². The smallest absolute Gasteiger partial charge is 0.598 e. The SMILES string of the molecule is C1CCCC1.NCCNCCN.O=[P+]([O-])[O-].[K+].[K+]. The Labute approximate surface area is 196 Å². The largest absolute Gasteiger partial charge is 1.00 e. The Morgan fingerprint density at radius 3 is 1.28 bits per heavy atom. The van der Waals surface area contributed by atoms with E-state index < -0.39 is 8.25 Å². The molecular weight excluding hydrogens is 307 g/mol. The van der Waals surface area contributed by atoms with E-state index in [1.54, 1.807) is 0 Å². The topological polar surface area (TPSA) is 127 Å². The van der Waals surface area contributed by atoms with Crippen molar-refractivity contribution < 1.29 is 117 Å². The van der Waals surface area contributed by atoms with Crippen molar-refractivity contribution in [2.45, 2.75) is 32.1 Å². The molecule has 5 N–H and O–H groups in total. The first-order valence-electron chi connectivity index (χ1n) is 5.57. The van der Waals surface area contributed by atoms with Crippen LogP contribution < -0.4 is 129 Å². The molecule has 0 radical (unpaired) electrons. The summed E-state index contributed by atoms with van der Waals surface area (Å²) in [6, 6.07) is 0. The van der Waals surface area contributed by atoms with E-state index in [-0.39, 0.29) is 103 Å². The quantitative estimate of drug-likeness (QED) is 0.267. The van der Waals surface area contributed by atoms with Crippen molar-refractivity contribution in [1.29, 1.82) is 0 Å². The molecule has 0 saturated heterocycles. The summed E-state index contributed by atoms with van der Waals surface area (Å²) in [6.07, 6.45) is 7.50. The average Bonchev–Trinajstić information content (AvgIpc) is 2.75. The number of rotatable bonds is 4. The Morgan fingerprint density at radius 2 is 1.11 bits per heavy atom. The fraction of sp³-hybridized carbons (Fsp3) is 1.00. The molecule has 1 rings (SSSR count). The molecule has 1 aliphatic carbocycles. The Hall–Kier alpha value is 3.17. The van der Waals surface area contributed by atoms with Gasteiger partial charge in [-0.1, -0.05) is 36.7 Å². The first-order valence-corrected chi connectivity index (χ1v) is 6.67. The van der Waals surface area contributed by atoms with E-state index in [1.807, 2.05) is 0 Å². The third kappa shape index (κ3) is 42.7. The fourth-order valence-corrected chi connectivity index (χ4v) is 1.21. The second-order valence-electron chi connectivity index (χ2n) is 3.32. The molecule has 9 heteroatoms. The van der Waals surface area contributed by atoms with Gasteiger partial charge in [0.1, 0.15) is 0 Å². The van der Waals surface area contributed by atoms with Crippen molar-refractivity contribution in [3.63, 3.8) is 0 Å². The summed E-state index contributed by atoms with van der Waals surface area (Å²) < 4.78 is 8.48. The Morgan fingerprint density at radius 1 is 0.889 bits per heavy atom. The van der Waals surface area contributed by atoms with E-state index in [0.717, 1.165) is 13.1 Å². The normalized spacial score (nSPS) is 11.8. The minimum Gasteiger partial charge on any atom is -0.598 e. The van der Waals surface area contributed by atoms with Gasteiger partial charge < -0.3 is 26.6 Å². The second kappa shape index (κ2) is 28.4. The number of hydrogen-bond donors (Lipinski definition) is 3. The van der Waals surface area contributed by atoms with Crippen LogP contribution in [-0.4, -0.2) is 26.2 Å². The predicted octanol–water partition coefficient (Wildman–Crippen LogP) is -7.18. The van der Waals surface area contributed by atoms with Crippen molar-refractivity contribution in [3.05, 3.63) is 0 Å². The molecule has 98 valence electrons. The first kappa shape index (κ1) is 29.2. The molecule has 1 aliphatic rings. The van der Waals surface area contributed by atoms with Gasteiger partial charge in [0, 0.05) is 26.2 Å². The van der Waals surface area contributed by atoms with E-state index >= 15 is 0 Å². The maximum absolute atomic E-state index is 8.48. The van der Waals surface area contributed by atoms with Gasteiger partial charge >= 0.3 is 103 Å². The molecule has 1 saturated carbocycles. The molecule has 0 unspecified atom stereocenters. The van der Waals surface area contributed by atoms with Gasteiger partial charge in [-0.2, -0.15) is 0 Å². The van der Waals surface area contributed by atoms with Crippen LogP contribution in [0.2, 0.25) is 0 Å². The van der Waals surface area contributed by atoms with Gasteiger partial charge in [0.25, 0.3) is 8.25 Å². The van der Waals surface area contributed by atoms with Gasteiger partial charge in [-0.25, -0.2) is 0 Å². The zero-order valence-corrected chi connectivity index (χ0v) is 18.8. The molecule has 0 aromatic rings. The van der Waals surface area contributed by atoms with E-state index in [1.165, 1.54) is 32.1 Å². The van der Waals surface area contributed by atoms with Crippen LogP contribution in [0.4, 0.5) is 0 Å². The minimum atomic E-state index is -3.37. The van der Waals surface area contributed by atoms with E-state index in [4.69, 9.17) is 25.8 Å². The Balaban J connectivity index is -0.0000000801. The molecule has 0 amide bonds. The van der Waals surface area contributed by atoms with Crippen molar-refractivity contribution >= 4 is 8.25 Å². The molecule has 6 nitrogen and oxygen atoms in total. The Kier molecular flexibility index (Phi) is 46.0. The van der Waals surface area contributed by atoms with Crippen LogP contribution in [0.5, 0.6) is 0 Å². The van der Waals surface area contributed by atoms with Gasteiger partial charge in [-0.15, -0.1) is 0 Å². The Bertz CT molecular complexity index is 139. The van der Waals surface area contributed by atoms with Crippen molar-refractivity contribution in [3.8, 4) is 0 Å². The summed E-state index contributed by atoms with van der Waals surface area (Å²) in [7, 11) is -3.37. The third-order valence-corrected chi connectivity index (χ3v) is 1.89. The summed E-state index contributed by atoms with van der Waals surface area (Å²) in [5.74, 6) is 0. The van der Waals surface area contributed by atoms with E-state index in [9.17, 15) is 0 Å².